The molecule has 18 heavy (non-hydrogen) atoms. The Morgan fingerprint density at radius 1 is 1.17 bits per heavy atom. The highest BCUT2D eigenvalue weighted by molar-refractivity contribution is 5.42. The minimum atomic E-state index is 0.970. The molecule has 0 unspecified atom stereocenters. The van der Waals surface area contributed by atoms with E-state index in [9.17, 15) is 0 Å². The average Bonchev–Trinajstić information content (AvgIpc) is 2.89. The first-order chi connectivity index (χ1) is 8.84. The SMILES string of the molecule is CN(CCCNc1ccccc1)CC1CCCC1. The number of nitrogens with zero attached hydrogens (tertiary/aromatic N) is 1. The molecule has 2 nitrogen and oxygen atoms in total. The monoisotopic (exact) mass is 246 g/mol. The zero-order valence-corrected chi connectivity index (χ0v) is 11.6. The normalized spacial score (nSPS) is 16.3. The number of hydrogen-bond acceptors (Lipinski definition) is 2. The second-order valence-electron chi connectivity index (χ2n) is 5.56. The predicted octanol–water partition coefficient (Wildman–Crippen LogP) is 3.61. The Hall–Kier alpha value is -1.02. The van der Waals surface area contributed by atoms with Crippen molar-refractivity contribution in [2.75, 3.05) is 32.0 Å². The number of hydrogen-bond donors (Lipinski definition) is 1. The molecule has 1 N–H and O–H groups in total. The second kappa shape index (κ2) is 7.42. The summed E-state index contributed by atoms with van der Waals surface area (Å²) in [6.45, 7) is 3.57. The van der Waals surface area contributed by atoms with Crippen molar-refractivity contribution in [2.45, 2.75) is 32.1 Å². The van der Waals surface area contributed by atoms with E-state index in [4.69, 9.17) is 0 Å². The molecule has 0 amide bonds. The van der Waals surface area contributed by atoms with Gasteiger partial charge in [0.05, 0.1) is 0 Å². The van der Waals surface area contributed by atoms with Crippen LogP contribution < -0.4 is 5.32 Å². The molecule has 1 saturated carbocycles. The van der Waals surface area contributed by atoms with Gasteiger partial charge >= 0.3 is 0 Å². The van der Waals surface area contributed by atoms with Crippen molar-refractivity contribution in [1.29, 1.82) is 0 Å². The third-order valence-electron chi connectivity index (χ3n) is 3.86. The van der Waals surface area contributed by atoms with Gasteiger partial charge in [0.15, 0.2) is 0 Å². The minimum Gasteiger partial charge on any atom is -0.385 e. The molecule has 1 aliphatic rings. The molecule has 1 fully saturated rings. The van der Waals surface area contributed by atoms with E-state index in [1.807, 2.05) is 0 Å². The number of rotatable bonds is 7. The van der Waals surface area contributed by atoms with E-state index in [-0.39, 0.29) is 0 Å². The fraction of sp³-hybridized carbons (Fsp3) is 0.625. The summed E-state index contributed by atoms with van der Waals surface area (Å²) in [5.41, 5.74) is 1.23. The molecule has 1 aromatic rings. The highest BCUT2D eigenvalue weighted by Crippen LogP contribution is 2.25. The first-order valence-corrected chi connectivity index (χ1v) is 7.32. The van der Waals surface area contributed by atoms with Crippen molar-refractivity contribution in [1.82, 2.24) is 4.90 Å². The van der Waals surface area contributed by atoms with Gasteiger partial charge < -0.3 is 10.2 Å². The molecule has 0 atom stereocenters. The van der Waals surface area contributed by atoms with Crippen LogP contribution in [0.15, 0.2) is 30.3 Å². The number of para-hydroxylation sites is 1. The minimum absolute atomic E-state index is 0.970. The van der Waals surface area contributed by atoms with Gasteiger partial charge in [0, 0.05) is 18.8 Å². The Morgan fingerprint density at radius 3 is 2.61 bits per heavy atom. The summed E-state index contributed by atoms with van der Waals surface area (Å²) in [6, 6.07) is 10.5. The van der Waals surface area contributed by atoms with E-state index >= 15 is 0 Å². The molecule has 0 spiro atoms. The van der Waals surface area contributed by atoms with Crippen molar-refractivity contribution in [3.63, 3.8) is 0 Å². The summed E-state index contributed by atoms with van der Waals surface area (Å²) >= 11 is 0. The zero-order chi connectivity index (χ0) is 12.6. The molecule has 2 heteroatoms. The fourth-order valence-electron chi connectivity index (χ4n) is 2.86. The van der Waals surface area contributed by atoms with E-state index in [1.54, 1.807) is 0 Å². The van der Waals surface area contributed by atoms with Gasteiger partial charge in [-0.2, -0.15) is 0 Å². The summed E-state index contributed by atoms with van der Waals surface area (Å²) in [4.78, 5) is 2.50. The van der Waals surface area contributed by atoms with Gasteiger partial charge in [0.2, 0.25) is 0 Å². The van der Waals surface area contributed by atoms with E-state index in [1.165, 1.54) is 50.9 Å². The summed E-state index contributed by atoms with van der Waals surface area (Å²) in [7, 11) is 2.26. The summed E-state index contributed by atoms with van der Waals surface area (Å²) < 4.78 is 0. The molecule has 1 aliphatic carbocycles. The van der Waals surface area contributed by atoms with Crippen molar-refractivity contribution in [3.8, 4) is 0 Å². The molecule has 1 aromatic carbocycles. The van der Waals surface area contributed by atoms with Crippen molar-refractivity contribution in [3.05, 3.63) is 30.3 Å². The first kappa shape index (κ1) is 13.4. The van der Waals surface area contributed by atoms with Crippen LogP contribution in [0.25, 0.3) is 0 Å². The Labute approximate surface area is 111 Å². The van der Waals surface area contributed by atoms with Gasteiger partial charge in [-0.1, -0.05) is 31.0 Å². The van der Waals surface area contributed by atoms with Crippen LogP contribution in [-0.4, -0.2) is 31.6 Å². The third kappa shape index (κ3) is 4.69. The molecular formula is C16H26N2. The molecule has 0 radical (unpaired) electrons. The van der Waals surface area contributed by atoms with Crippen LogP contribution in [0.5, 0.6) is 0 Å². The van der Waals surface area contributed by atoms with Gasteiger partial charge in [0.1, 0.15) is 0 Å². The number of nitrogens with one attached hydrogen (secondary N) is 1. The third-order valence-corrected chi connectivity index (χ3v) is 3.86. The lowest BCUT2D eigenvalue weighted by atomic mass is 10.1. The molecule has 0 aromatic heterocycles. The quantitative estimate of drug-likeness (QED) is 0.739. The number of anilines is 1. The highest BCUT2D eigenvalue weighted by Gasteiger charge is 2.16. The van der Waals surface area contributed by atoms with Crippen molar-refractivity contribution < 1.29 is 0 Å². The highest BCUT2D eigenvalue weighted by atomic mass is 15.1. The summed E-state index contributed by atoms with van der Waals surface area (Å²) in [5.74, 6) is 0.970. The molecule has 0 aliphatic heterocycles. The lowest BCUT2D eigenvalue weighted by Gasteiger charge is -2.20. The van der Waals surface area contributed by atoms with E-state index in [2.05, 4.69) is 47.6 Å². The molecule has 0 saturated heterocycles. The van der Waals surface area contributed by atoms with Crippen LogP contribution in [0, 0.1) is 5.92 Å². The van der Waals surface area contributed by atoms with Gasteiger partial charge in [0.25, 0.3) is 0 Å². The maximum absolute atomic E-state index is 3.47. The lowest BCUT2D eigenvalue weighted by molar-refractivity contribution is 0.277. The Morgan fingerprint density at radius 2 is 1.89 bits per heavy atom. The molecule has 0 heterocycles. The standard InChI is InChI=1S/C16H26N2/c1-18(14-15-8-5-6-9-15)13-7-12-17-16-10-3-2-4-11-16/h2-4,10-11,15,17H,5-9,12-14H2,1H3. The van der Waals surface area contributed by atoms with Gasteiger partial charge in [-0.3, -0.25) is 0 Å². The summed E-state index contributed by atoms with van der Waals surface area (Å²) in [6.07, 6.45) is 7.03. The second-order valence-corrected chi connectivity index (χ2v) is 5.56. The Bertz CT molecular complexity index is 317. The van der Waals surface area contributed by atoms with Gasteiger partial charge in [-0.05, 0) is 50.9 Å². The van der Waals surface area contributed by atoms with Crippen LogP contribution in [0.1, 0.15) is 32.1 Å². The maximum Gasteiger partial charge on any atom is 0.0340 e. The lowest BCUT2D eigenvalue weighted by Crippen LogP contribution is -2.26. The topological polar surface area (TPSA) is 15.3 Å². The largest absolute Gasteiger partial charge is 0.385 e. The fourth-order valence-corrected chi connectivity index (χ4v) is 2.86. The van der Waals surface area contributed by atoms with Crippen LogP contribution in [0.4, 0.5) is 5.69 Å². The maximum atomic E-state index is 3.47. The van der Waals surface area contributed by atoms with Crippen LogP contribution in [0.3, 0.4) is 0 Å². The Balaban J connectivity index is 1.54. The smallest absolute Gasteiger partial charge is 0.0340 e. The Kier molecular flexibility index (Phi) is 5.53. The van der Waals surface area contributed by atoms with Gasteiger partial charge in [-0.15, -0.1) is 0 Å². The number of benzene rings is 1. The van der Waals surface area contributed by atoms with Crippen LogP contribution >= 0.6 is 0 Å². The first-order valence-electron chi connectivity index (χ1n) is 7.32. The van der Waals surface area contributed by atoms with Crippen molar-refractivity contribution >= 4 is 5.69 Å². The van der Waals surface area contributed by atoms with E-state index < -0.39 is 0 Å². The predicted molar refractivity (Wildman–Crippen MR) is 79.0 cm³/mol. The molecule has 2 rings (SSSR count). The van der Waals surface area contributed by atoms with Crippen LogP contribution in [-0.2, 0) is 0 Å². The van der Waals surface area contributed by atoms with Gasteiger partial charge in [-0.25, -0.2) is 0 Å². The zero-order valence-electron chi connectivity index (χ0n) is 11.6. The summed E-state index contributed by atoms with van der Waals surface area (Å²) in [5, 5.41) is 3.47. The van der Waals surface area contributed by atoms with E-state index in [0.717, 1.165) is 12.5 Å². The van der Waals surface area contributed by atoms with Crippen LogP contribution in [0.2, 0.25) is 0 Å². The molecule has 0 bridgehead atoms. The van der Waals surface area contributed by atoms with Crippen molar-refractivity contribution in [2.24, 2.45) is 5.92 Å². The molecular weight excluding hydrogens is 220 g/mol. The van der Waals surface area contributed by atoms with E-state index in [0.29, 0.717) is 0 Å². The average molecular weight is 246 g/mol. The molecule has 100 valence electrons.